The smallest absolute Gasteiger partial charge is 0.269 e. The van der Waals surface area contributed by atoms with Gasteiger partial charge in [0.25, 0.3) is 5.69 Å². The second-order valence-electron chi connectivity index (χ2n) is 6.50. The summed E-state index contributed by atoms with van der Waals surface area (Å²) >= 11 is 0. The van der Waals surface area contributed by atoms with Crippen LogP contribution in [0.3, 0.4) is 0 Å². The molecule has 0 radical (unpaired) electrons. The van der Waals surface area contributed by atoms with E-state index in [4.69, 9.17) is 0 Å². The van der Waals surface area contributed by atoms with Gasteiger partial charge in [-0.15, -0.1) is 0 Å². The minimum atomic E-state index is -3.53. The van der Waals surface area contributed by atoms with Crippen molar-refractivity contribution in [2.45, 2.75) is 24.8 Å². The number of aryl methyl sites for hydroxylation is 1. The summed E-state index contributed by atoms with van der Waals surface area (Å²) in [6.45, 7) is 5.23. The van der Waals surface area contributed by atoms with Gasteiger partial charge < -0.3 is 4.90 Å². The summed E-state index contributed by atoms with van der Waals surface area (Å²) in [5, 5.41) is 10.8. The Hall–Kier alpha value is -2.45. The summed E-state index contributed by atoms with van der Waals surface area (Å²) in [5.74, 6) is 0. The molecule has 2 aromatic carbocycles. The molecular formula is C18H21N3O4S. The van der Waals surface area contributed by atoms with E-state index in [0.717, 1.165) is 11.3 Å². The highest BCUT2D eigenvalue weighted by molar-refractivity contribution is 7.89. The van der Waals surface area contributed by atoms with Crippen LogP contribution in [0.1, 0.15) is 12.5 Å². The van der Waals surface area contributed by atoms with E-state index in [1.165, 1.54) is 16.4 Å². The van der Waals surface area contributed by atoms with Gasteiger partial charge in [0, 0.05) is 43.5 Å². The summed E-state index contributed by atoms with van der Waals surface area (Å²) < 4.78 is 27.3. The molecule has 138 valence electrons. The van der Waals surface area contributed by atoms with Crippen molar-refractivity contribution in [3.8, 4) is 0 Å². The lowest BCUT2D eigenvalue weighted by Crippen LogP contribution is -2.54. The van der Waals surface area contributed by atoms with Crippen LogP contribution in [-0.2, 0) is 10.0 Å². The molecule has 1 saturated heterocycles. The Balaban J connectivity index is 1.75. The number of anilines is 1. The second kappa shape index (κ2) is 7.05. The number of hydrogen-bond donors (Lipinski definition) is 0. The molecule has 1 heterocycles. The van der Waals surface area contributed by atoms with Gasteiger partial charge >= 0.3 is 0 Å². The summed E-state index contributed by atoms with van der Waals surface area (Å²) in [6.07, 6.45) is 0. The van der Waals surface area contributed by atoms with Crippen LogP contribution in [0.4, 0.5) is 11.4 Å². The zero-order chi connectivity index (χ0) is 18.9. The van der Waals surface area contributed by atoms with Crippen molar-refractivity contribution in [2.75, 3.05) is 24.5 Å². The maximum Gasteiger partial charge on any atom is 0.269 e. The molecule has 0 aromatic heterocycles. The highest BCUT2D eigenvalue weighted by Crippen LogP contribution is 2.26. The van der Waals surface area contributed by atoms with Gasteiger partial charge in [0.15, 0.2) is 0 Å². The van der Waals surface area contributed by atoms with E-state index in [0.29, 0.717) is 24.5 Å². The lowest BCUT2D eigenvalue weighted by molar-refractivity contribution is -0.384. The van der Waals surface area contributed by atoms with Gasteiger partial charge in [0.1, 0.15) is 0 Å². The Labute approximate surface area is 153 Å². The third kappa shape index (κ3) is 3.56. The molecule has 0 amide bonds. The zero-order valence-electron chi connectivity index (χ0n) is 14.7. The number of piperazine rings is 1. The molecule has 0 N–H and O–H groups in total. The molecule has 8 heteroatoms. The number of nitrogens with zero attached hydrogens (tertiary/aromatic N) is 3. The summed E-state index contributed by atoms with van der Waals surface area (Å²) in [5.41, 5.74) is 1.91. The van der Waals surface area contributed by atoms with Crippen molar-refractivity contribution in [1.29, 1.82) is 0 Å². The standard InChI is InChI=1S/C18H21N3O4S/c1-14-3-9-18(10-4-14)26(24,25)20-12-11-19(13-15(20)2)16-5-7-17(8-6-16)21(22)23/h3-10,15H,11-13H2,1-2H3/t15-/m1/s1. The number of non-ortho nitro benzene ring substituents is 1. The molecule has 2 aromatic rings. The largest absolute Gasteiger partial charge is 0.369 e. The number of nitro groups is 1. The maximum atomic E-state index is 12.9. The van der Waals surface area contributed by atoms with Gasteiger partial charge in [0.2, 0.25) is 10.0 Å². The van der Waals surface area contributed by atoms with E-state index in [2.05, 4.69) is 4.90 Å². The molecule has 1 fully saturated rings. The topological polar surface area (TPSA) is 83.8 Å². The normalized spacial score (nSPS) is 18.7. The van der Waals surface area contributed by atoms with Crippen LogP contribution in [0, 0.1) is 17.0 Å². The van der Waals surface area contributed by atoms with Gasteiger partial charge in [0.05, 0.1) is 9.82 Å². The minimum Gasteiger partial charge on any atom is -0.369 e. The quantitative estimate of drug-likeness (QED) is 0.606. The first-order valence-electron chi connectivity index (χ1n) is 8.37. The van der Waals surface area contributed by atoms with Crippen molar-refractivity contribution < 1.29 is 13.3 Å². The van der Waals surface area contributed by atoms with Crippen LogP contribution in [0.2, 0.25) is 0 Å². The van der Waals surface area contributed by atoms with Crippen LogP contribution in [-0.4, -0.2) is 43.3 Å². The highest BCUT2D eigenvalue weighted by Gasteiger charge is 2.33. The molecule has 0 bridgehead atoms. The summed E-state index contributed by atoms with van der Waals surface area (Å²) in [4.78, 5) is 12.7. The lowest BCUT2D eigenvalue weighted by atomic mass is 10.2. The van der Waals surface area contributed by atoms with E-state index in [1.54, 1.807) is 36.4 Å². The highest BCUT2D eigenvalue weighted by atomic mass is 32.2. The average Bonchev–Trinajstić information content (AvgIpc) is 2.62. The Morgan fingerprint density at radius 2 is 1.65 bits per heavy atom. The Morgan fingerprint density at radius 3 is 2.19 bits per heavy atom. The predicted molar refractivity (Wildman–Crippen MR) is 99.8 cm³/mol. The lowest BCUT2D eigenvalue weighted by Gasteiger charge is -2.40. The Kier molecular flexibility index (Phi) is 4.97. The minimum absolute atomic E-state index is 0.0439. The average molecular weight is 375 g/mol. The molecule has 3 rings (SSSR count). The van der Waals surface area contributed by atoms with E-state index in [-0.39, 0.29) is 11.7 Å². The summed E-state index contributed by atoms with van der Waals surface area (Å²) in [7, 11) is -3.53. The van der Waals surface area contributed by atoms with Gasteiger partial charge in [-0.1, -0.05) is 17.7 Å². The second-order valence-corrected chi connectivity index (χ2v) is 8.39. The maximum absolute atomic E-state index is 12.9. The molecule has 1 aliphatic heterocycles. The Morgan fingerprint density at radius 1 is 1.04 bits per heavy atom. The van der Waals surface area contributed by atoms with Crippen LogP contribution < -0.4 is 4.90 Å². The molecule has 0 aliphatic carbocycles. The number of nitro benzene ring substituents is 1. The van der Waals surface area contributed by atoms with Crippen molar-refractivity contribution in [3.05, 3.63) is 64.2 Å². The van der Waals surface area contributed by atoms with Crippen molar-refractivity contribution in [3.63, 3.8) is 0 Å². The molecule has 0 saturated carbocycles. The van der Waals surface area contributed by atoms with Crippen LogP contribution in [0.5, 0.6) is 0 Å². The molecule has 1 atom stereocenters. The predicted octanol–water partition coefficient (Wildman–Crippen LogP) is 2.80. The third-order valence-electron chi connectivity index (χ3n) is 4.62. The van der Waals surface area contributed by atoms with E-state index >= 15 is 0 Å². The van der Waals surface area contributed by atoms with Gasteiger partial charge in [-0.3, -0.25) is 10.1 Å². The fourth-order valence-corrected chi connectivity index (χ4v) is 4.78. The zero-order valence-corrected chi connectivity index (χ0v) is 15.5. The monoisotopic (exact) mass is 375 g/mol. The molecule has 0 spiro atoms. The fraction of sp³-hybridized carbons (Fsp3) is 0.333. The van der Waals surface area contributed by atoms with Crippen molar-refractivity contribution in [1.82, 2.24) is 4.31 Å². The van der Waals surface area contributed by atoms with E-state index in [1.807, 2.05) is 13.8 Å². The number of benzene rings is 2. The first kappa shape index (κ1) is 18.3. The summed E-state index contributed by atoms with van der Waals surface area (Å²) in [6, 6.07) is 13.0. The molecule has 7 nitrogen and oxygen atoms in total. The van der Waals surface area contributed by atoms with Gasteiger partial charge in [-0.2, -0.15) is 4.31 Å². The van der Waals surface area contributed by atoms with Crippen molar-refractivity contribution >= 4 is 21.4 Å². The third-order valence-corrected chi connectivity index (χ3v) is 6.65. The van der Waals surface area contributed by atoms with E-state index in [9.17, 15) is 18.5 Å². The first-order valence-corrected chi connectivity index (χ1v) is 9.81. The molecule has 0 unspecified atom stereocenters. The van der Waals surface area contributed by atoms with Crippen LogP contribution >= 0.6 is 0 Å². The van der Waals surface area contributed by atoms with Crippen LogP contribution in [0.15, 0.2) is 53.4 Å². The number of hydrogen-bond acceptors (Lipinski definition) is 5. The van der Waals surface area contributed by atoms with Gasteiger partial charge in [-0.25, -0.2) is 8.42 Å². The Bertz CT molecular complexity index is 895. The molecular weight excluding hydrogens is 354 g/mol. The SMILES string of the molecule is Cc1ccc(S(=O)(=O)N2CCN(c3ccc([N+](=O)[O-])cc3)C[C@H]2C)cc1. The first-order chi connectivity index (χ1) is 12.3. The van der Waals surface area contributed by atoms with Crippen LogP contribution in [0.25, 0.3) is 0 Å². The fourth-order valence-electron chi connectivity index (χ4n) is 3.16. The van der Waals surface area contributed by atoms with E-state index < -0.39 is 14.9 Å². The molecule has 1 aliphatic rings. The number of sulfonamides is 1. The number of rotatable bonds is 4. The van der Waals surface area contributed by atoms with Gasteiger partial charge in [-0.05, 0) is 38.1 Å². The molecule has 26 heavy (non-hydrogen) atoms. The van der Waals surface area contributed by atoms with Crippen molar-refractivity contribution in [2.24, 2.45) is 0 Å².